The summed E-state index contributed by atoms with van der Waals surface area (Å²) in [5.74, 6) is 0.696. The predicted molar refractivity (Wildman–Crippen MR) is 140 cm³/mol. The molecular weight excluding hydrogens is 445 g/mol. The van der Waals surface area contributed by atoms with Crippen LogP contribution in [-0.2, 0) is 6.32 Å². The second-order valence-electron chi connectivity index (χ2n) is 7.97. The molecule has 0 saturated heterocycles. The van der Waals surface area contributed by atoms with E-state index in [1.807, 2.05) is 79.0 Å². The van der Waals surface area contributed by atoms with E-state index < -0.39 is 0 Å². The molecule has 3 aromatic carbocycles. The van der Waals surface area contributed by atoms with Crippen LogP contribution < -0.4 is 10.6 Å². The van der Waals surface area contributed by atoms with E-state index in [0.29, 0.717) is 23.7 Å². The Morgan fingerprint density at radius 1 is 1.00 bits per heavy atom. The number of benzene rings is 3. The van der Waals surface area contributed by atoms with Crippen LogP contribution in [0.15, 0.2) is 79.0 Å². The Morgan fingerprint density at radius 2 is 1.79 bits per heavy atom. The van der Waals surface area contributed by atoms with Gasteiger partial charge in [0.05, 0.1) is 11.9 Å². The molecule has 0 bridgehead atoms. The lowest BCUT2D eigenvalue weighted by molar-refractivity contribution is 0.0957. The van der Waals surface area contributed by atoms with E-state index in [1.165, 1.54) is 0 Å². The average molecular weight is 468 g/mol. The highest BCUT2D eigenvalue weighted by Crippen LogP contribution is 2.29. The van der Waals surface area contributed by atoms with Gasteiger partial charge in [-0.2, -0.15) is 9.61 Å². The first-order valence-electron chi connectivity index (χ1n) is 11.3. The first-order chi connectivity index (χ1) is 16.7. The van der Waals surface area contributed by atoms with Gasteiger partial charge in [-0.25, -0.2) is 4.98 Å². The summed E-state index contributed by atoms with van der Waals surface area (Å²) in [6.45, 7) is 0.980. The number of halogens is 1. The van der Waals surface area contributed by atoms with Gasteiger partial charge in [-0.05, 0) is 22.9 Å². The molecule has 0 aliphatic carbocycles. The maximum atomic E-state index is 12.8. The zero-order chi connectivity index (χ0) is 23.5. The van der Waals surface area contributed by atoms with Crippen LogP contribution in [0.5, 0.6) is 0 Å². The predicted octanol–water partition coefficient (Wildman–Crippen LogP) is 4.18. The minimum absolute atomic E-state index is 0.0948. The van der Waals surface area contributed by atoms with Crippen LogP contribution in [0.1, 0.15) is 15.9 Å². The van der Waals surface area contributed by atoms with E-state index in [2.05, 4.69) is 23.6 Å². The summed E-state index contributed by atoms with van der Waals surface area (Å²) in [6, 6.07) is 23.3. The number of rotatable bonds is 7. The van der Waals surface area contributed by atoms with Crippen molar-refractivity contribution in [2.24, 2.45) is 0 Å². The fourth-order valence-corrected chi connectivity index (χ4v) is 4.31. The number of fused-ring (bicyclic) bond motifs is 2. The minimum atomic E-state index is -0.0948. The van der Waals surface area contributed by atoms with Crippen molar-refractivity contribution >= 4 is 47.6 Å². The summed E-state index contributed by atoms with van der Waals surface area (Å²) in [5.41, 5.74) is 4.16. The number of nitrogens with zero attached hydrogens (tertiary/aromatic N) is 3. The third kappa shape index (κ3) is 4.22. The number of carbonyl (C=O) groups is 1. The quantitative estimate of drug-likeness (QED) is 0.278. The van der Waals surface area contributed by atoms with Gasteiger partial charge in [0.1, 0.15) is 13.7 Å². The van der Waals surface area contributed by atoms with Crippen LogP contribution in [0.4, 0.5) is 5.82 Å². The van der Waals surface area contributed by atoms with Crippen LogP contribution in [0.2, 0.25) is 5.02 Å². The Bertz CT molecular complexity index is 1490. The molecule has 8 heteroatoms. The molecule has 2 N–H and O–H groups in total. The number of aromatic nitrogens is 3. The first-order valence-corrected chi connectivity index (χ1v) is 11.7. The molecule has 1 amide bonds. The first kappa shape index (κ1) is 22.0. The Labute approximate surface area is 203 Å². The van der Waals surface area contributed by atoms with Gasteiger partial charge in [0.2, 0.25) is 0 Å². The number of anilines is 1. The summed E-state index contributed by atoms with van der Waals surface area (Å²) in [4.78, 5) is 17.6. The lowest BCUT2D eigenvalue weighted by atomic mass is 9.99. The van der Waals surface area contributed by atoms with Gasteiger partial charge in [0.15, 0.2) is 5.65 Å². The van der Waals surface area contributed by atoms with Crippen molar-refractivity contribution < 1.29 is 4.79 Å². The lowest BCUT2D eigenvalue weighted by Gasteiger charge is -2.13. The van der Waals surface area contributed by atoms with Crippen LogP contribution >= 0.6 is 11.6 Å². The number of hydrogen-bond acceptors (Lipinski definition) is 4. The summed E-state index contributed by atoms with van der Waals surface area (Å²) in [5, 5.41) is 13.6. The van der Waals surface area contributed by atoms with Crippen LogP contribution in [0.3, 0.4) is 0 Å². The standard InChI is InChI=1S/C26H23BClN5O/c27-15-18-16-31-33-24(14-23(32-25(18)33)21-9-3-4-11-22(21)28)29-12-13-30-26(34)20-10-5-7-17-6-1-2-8-19(17)20/h1-11,14,16,29H,12-13,15,27H2,(H,30,34). The average Bonchev–Trinajstić information content (AvgIpc) is 3.29. The molecule has 0 radical (unpaired) electrons. The number of hydrogen-bond donors (Lipinski definition) is 2. The summed E-state index contributed by atoms with van der Waals surface area (Å²) in [6.07, 6.45) is 2.66. The van der Waals surface area contributed by atoms with Crippen molar-refractivity contribution in [3.8, 4) is 11.3 Å². The fraction of sp³-hybridized carbons (Fsp3) is 0.115. The normalized spacial score (nSPS) is 11.1. The molecule has 2 heterocycles. The molecule has 0 fully saturated rings. The van der Waals surface area contributed by atoms with Crippen molar-refractivity contribution in [1.29, 1.82) is 0 Å². The Morgan fingerprint density at radius 3 is 2.65 bits per heavy atom. The van der Waals surface area contributed by atoms with Crippen molar-refractivity contribution in [3.05, 3.63) is 95.1 Å². The Kier molecular flexibility index (Phi) is 6.19. The number of nitrogens with one attached hydrogen (secondary N) is 2. The van der Waals surface area contributed by atoms with E-state index >= 15 is 0 Å². The monoisotopic (exact) mass is 467 g/mol. The van der Waals surface area contributed by atoms with Gasteiger partial charge in [-0.3, -0.25) is 4.79 Å². The zero-order valence-corrected chi connectivity index (χ0v) is 19.5. The third-order valence-corrected chi connectivity index (χ3v) is 6.16. The minimum Gasteiger partial charge on any atom is -0.368 e. The summed E-state index contributed by atoms with van der Waals surface area (Å²) in [7, 11) is 2.08. The molecule has 0 aliphatic heterocycles. The van der Waals surface area contributed by atoms with Gasteiger partial charge < -0.3 is 10.6 Å². The topological polar surface area (TPSA) is 71.3 Å². The molecule has 0 atom stereocenters. The maximum Gasteiger partial charge on any atom is 0.251 e. The smallest absolute Gasteiger partial charge is 0.251 e. The molecule has 0 spiro atoms. The highest BCUT2D eigenvalue weighted by atomic mass is 35.5. The van der Waals surface area contributed by atoms with Crippen molar-refractivity contribution in [1.82, 2.24) is 19.9 Å². The van der Waals surface area contributed by atoms with E-state index in [1.54, 1.807) is 4.52 Å². The van der Waals surface area contributed by atoms with Gasteiger partial charge >= 0.3 is 0 Å². The highest BCUT2D eigenvalue weighted by molar-refractivity contribution is 6.33. The molecule has 0 saturated carbocycles. The second kappa shape index (κ2) is 9.57. The molecule has 5 aromatic rings. The molecule has 2 aromatic heterocycles. The van der Waals surface area contributed by atoms with Crippen molar-refractivity contribution in [3.63, 3.8) is 0 Å². The van der Waals surface area contributed by atoms with Crippen LogP contribution in [0, 0.1) is 0 Å². The highest BCUT2D eigenvalue weighted by Gasteiger charge is 2.14. The van der Waals surface area contributed by atoms with E-state index in [0.717, 1.165) is 45.4 Å². The molecule has 168 valence electrons. The van der Waals surface area contributed by atoms with Crippen LogP contribution in [-0.4, -0.2) is 41.4 Å². The van der Waals surface area contributed by atoms with Gasteiger partial charge in [-0.1, -0.05) is 72.5 Å². The summed E-state index contributed by atoms with van der Waals surface area (Å²) < 4.78 is 1.80. The van der Waals surface area contributed by atoms with E-state index in [-0.39, 0.29) is 5.91 Å². The van der Waals surface area contributed by atoms with Gasteiger partial charge in [0, 0.05) is 40.9 Å². The molecule has 0 unspecified atom stereocenters. The van der Waals surface area contributed by atoms with Crippen molar-refractivity contribution in [2.45, 2.75) is 6.32 Å². The molecule has 6 nitrogen and oxygen atoms in total. The second-order valence-corrected chi connectivity index (χ2v) is 8.38. The molecule has 0 aliphatic rings. The van der Waals surface area contributed by atoms with Crippen molar-refractivity contribution in [2.75, 3.05) is 18.4 Å². The SMILES string of the molecule is BCc1cnn2c(NCCNC(=O)c3cccc4ccccc34)cc(-c3ccccc3Cl)nc12. The number of carbonyl (C=O) groups excluding carboxylic acids is 1. The lowest BCUT2D eigenvalue weighted by Crippen LogP contribution is -2.29. The van der Waals surface area contributed by atoms with E-state index in [9.17, 15) is 4.79 Å². The third-order valence-electron chi connectivity index (χ3n) is 5.83. The fourth-order valence-electron chi connectivity index (χ4n) is 4.08. The maximum absolute atomic E-state index is 12.8. The van der Waals surface area contributed by atoms with Gasteiger partial charge in [-0.15, -0.1) is 0 Å². The molecular formula is C26H23BClN5O. The van der Waals surface area contributed by atoms with Crippen LogP contribution in [0.25, 0.3) is 27.7 Å². The van der Waals surface area contributed by atoms with Gasteiger partial charge in [0.25, 0.3) is 5.91 Å². The van der Waals surface area contributed by atoms with E-state index in [4.69, 9.17) is 16.6 Å². The largest absolute Gasteiger partial charge is 0.368 e. The Balaban J connectivity index is 1.35. The zero-order valence-electron chi connectivity index (χ0n) is 18.8. The molecule has 34 heavy (non-hydrogen) atoms. The molecule has 5 rings (SSSR count). The Hall–Kier alpha value is -3.84. The summed E-state index contributed by atoms with van der Waals surface area (Å²) >= 11 is 6.44. The number of amides is 1.